The van der Waals surface area contributed by atoms with Crippen molar-refractivity contribution in [3.63, 3.8) is 0 Å². The number of carbonyl (C=O) groups is 2. The highest BCUT2D eigenvalue weighted by Gasteiger charge is 2.45. The molecule has 170 valence electrons. The minimum atomic E-state index is -0.785. The van der Waals surface area contributed by atoms with Crippen LogP contribution in [0.4, 0.5) is 4.39 Å². The number of rotatable bonds is 7. The molecule has 1 N–H and O–H groups in total. The SMILES string of the molecule is CCN(CC)CCN1C(=O)C(=O)/C(=C(\O)c2ccc3ccccc3c2)C1c1ccc(F)cc1. The van der Waals surface area contributed by atoms with E-state index in [2.05, 4.69) is 4.90 Å². The van der Waals surface area contributed by atoms with Gasteiger partial charge in [0.15, 0.2) is 0 Å². The molecule has 0 saturated carbocycles. The van der Waals surface area contributed by atoms with Crippen LogP contribution in [0, 0.1) is 5.82 Å². The molecular formula is C27H27FN2O3. The molecule has 1 aliphatic rings. The molecule has 0 aliphatic carbocycles. The average molecular weight is 447 g/mol. The largest absolute Gasteiger partial charge is 0.507 e. The Morgan fingerprint density at radius 1 is 0.970 bits per heavy atom. The third kappa shape index (κ3) is 4.39. The van der Waals surface area contributed by atoms with Crippen LogP contribution in [0.5, 0.6) is 0 Å². The molecule has 1 unspecified atom stereocenters. The number of aliphatic hydroxyl groups is 1. The van der Waals surface area contributed by atoms with E-state index in [1.165, 1.54) is 17.0 Å². The molecule has 0 spiro atoms. The van der Waals surface area contributed by atoms with Crippen molar-refractivity contribution in [2.45, 2.75) is 19.9 Å². The second kappa shape index (κ2) is 9.55. The van der Waals surface area contributed by atoms with Gasteiger partial charge in [-0.05, 0) is 47.6 Å². The lowest BCUT2D eigenvalue weighted by atomic mass is 9.94. The van der Waals surface area contributed by atoms with Gasteiger partial charge in [-0.25, -0.2) is 4.39 Å². The van der Waals surface area contributed by atoms with E-state index in [1.807, 2.05) is 44.2 Å². The maximum Gasteiger partial charge on any atom is 0.295 e. The maximum absolute atomic E-state index is 13.6. The molecule has 0 radical (unpaired) electrons. The fraction of sp³-hybridized carbons (Fsp3) is 0.259. The van der Waals surface area contributed by atoms with Crippen LogP contribution in [0.3, 0.4) is 0 Å². The van der Waals surface area contributed by atoms with Crippen molar-refractivity contribution in [3.05, 3.63) is 89.2 Å². The molecule has 33 heavy (non-hydrogen) atoms. The summed E-state index contributed by atoms with van der Waals surface area (Å²) in [5.41, 5.74) is 1.07. The summed E-state index contributed by atoms with van der Waals surface area (Å²) < 4.78 is 13.6. The number of ketones is 1. The van der Waals surface area contributed by atoms with Crippen molar-refractivity contribution in [2.75, 3.05) is 26.2 Å². The number of Topliss-reactive ketones (excluding diaryl/α,β-unsaturated/α-hetero) is 1. The fourth-order valence-electron chi connectivity index (χ4n) is 4.38. The summed E-state index contributed by atoms with van der Waals surface area (Å²) >= 11 is 0. The Labute approximate surface area is 192 Å². The third-order valence-corrected chi connectivity index (χ3v) is 6.30. The van der Waals surface area contributed by atoms with E-state index in [0.717, 1.165) is 23.9 Å². The molecule has 1 amide bonds. The number of benzene rings is 3. The number of halogens is 1. The van der Waals surface area contributed by atoms with Crippen LogP contribution in [-0.4, -0.2) is 52.8 Å². The van der Waals surface area contributed by atoms with Gasteiger partial charge in [0.05, 0.1) is 11.6 Å². The van der Waals surface area contributed by atoms with Crippen molar-refractivity contribution in [2.24, 2.45) is 0 Å². The molecule has 4 rings (SSSR count). The molecule has 0 bridgehead atoms. The van der Waals surface area contributed by atoms with Crippen LogP contribution in [0.25, 0.3) is 16.5 Å². The average Bonchev–Trinajstić information content (AvgIpc) is 3.09. The molecular weight excluding hydrogens is 419 g/mol. The normalized spacial score (nSPS) is 17.9. The number of likely N-dealkylation sites (N-methyl/N-ethyl adjacent to an activating group) is 1. The summed E-state index contributed by atoms with van der Waals surface area (Å²) in [5.74, 6) is -2.01. The maximum atomic E-state index is 13.6. The standard InChI is InChI=1S/C27H27FN2O3/c1-3-29(4-2)15-16-30-24(19-11-13-22(28)14-12-19)23(26(32)27(30)33)25(31)21-10-9-18-7-5-6-8-20(18)17-21/h5-14,17,24,31H,3-4,15-16H2,1-2H3/b25-23-. The number of likely N-dealkylation sites (tertiary alicyclic amines) is 1. The molecule has 1 saturated heterocycles. The number of aliphatic hydroxyl groups excluding tert-OH is 1. The number of hydrogen-bond acceptors (Lipinski definition) is 4. The van der Waals surface area contributed by atoms with Crippen molar-refractivity contribution < 1.29 is 19.1 Å². The number of carbonyl (C=O) groups excluding carboxylic acids is 2. The van der Waals surface area contributed by atoms with Gasteiger partial charge in [-0.1, -0.05) is 62.4 Å². The van der Waals surface area contributed by atoms with Gasteiger partial charge in [0.2, 0.25) is 0 Å². The molecule has 1 fully saturated rings. The quantitative estimate of drug-likeness (QED) is 0.323. The fourth-order valence-corrected chi connectivity index (χ4v) is 4.38. The van der Waals surface area contributed by atoms with Crippen LogP contribution >= 0.6 is 0 Å². The van der Waals surface area contributed by atoms with Gasteiger partial charge in [0.25, 0.3) is 11.7 Å². The summed E-state index contributed by atoms with van der Waals surface area (Å²) in [6, 6.07) is 18.1. The van der Waals surface area contributed by atoms with Gasteiger partial charge in [-0.2, -0.15) is 0 Å². The minimum Gasteiger partial charge on any atom is -0.507 e. The Morgan fingerprint density at radius 2 is 1.64 bits per heavy atom. The molecule has 3 aromatic carbocycles. The first kappa shape index (κ1) is 22.7. The first-order chi connectivity index (χ1) is 15.9. The zero-order valence-corrected chi connectivity index (χ0v) is 18.8. The zero-order chi connectivity index (χ0) is 23.5. The molecule has 6 heteroatoms. The van der Waals surface area contributed by atoms with Crippen molar-refractivity contribution in [1.82, 2.24) is 9.80 Å². The zero-order valence-electron chi connectivity index (χ0n) is 18.8. The van der Waals surface area contributed by atoms with E-state index in [1.54, 1.807) is 24.3 Å². The van der Waals surface area contributed by atoms with Crippen LogP contribution in [-0.2, 0) is 9.59 Å². The number of nitrogens with zero attached hydrogens (tertiary/aromatic N) is 2. The monoisotopic (exact) mass is 446 g/mol. The van der Waals surface area contributed by atoms with Gasteiger partial charge in [-0.3, -0.25) is 9.59 Å². The van der Waals surface area contributed by atoms with E-state index >= 15 is 0 Å². The first-order valence-electron chi connectivity index (χ1n) is 11.2. The predicted molar refractivity (Wildman–Crippen MR) is 127 cm³/mol. The Hall–Kier alpha value is -3.51. The van der Waals surface area contributed by atoms with Crippen LogP contribution in [0.15, 0.2) is 72.3 Å². The summed E-state index contributed by atoms with van der Waals surface area (Å²) in [4.78, 5) is 29.8. The highest BCUT2D eigenvalue weighted by molar-refractivity contribution is 6.46. The summed E-state index contributed by atoms with van der Waals surface area (Å²) in [6.07, 6.45) is 0. The topological polar surface area (TPSA) is 60.9 Å². The van der Waals surface area contributed by atoms with Crippen molar-refractivity contribution >= 4 is 28.2 Å². The summed E-state index contributed by atoms with van der Waals surface area (Å²) in [6.45, 7) is 6.62. The van der Waals surface area contributed by atoms with E-state index in [-0.39, 0.29) is 11.3 Å². The van der Waals surface area contributed by atoms with Crippen LogP contribution < -0.4 is 0 Å². The molecule has 5 nitrogen and oxygen atoms in total. The molecule has 0 aromatic heterocycles. The van der Waals surface area contributed by atoms with E-state index in [0.29, 0.717) is 24.2 Å². The summed E-state index contributed by atoms with van der Waals surface area (Å²) in [7, 11) is 0. The molecule has 1 atom stereocenters. The second-order valence-corrected chi connectivity index (χ2v) is 8.13. The van der Waals surface area contributed by atoms with Crippen molar-refractivity contribution in [3.8, 4) is 0 Å². The van der Waals surface area contributed by atoms with E-state index in [4.69, 9.17) is 0 Å². The lowest BCUT2D eigenvalue weighted by Gasteiger charge is -2.28. The smallest absolute Gasteiger partial charge is 0.295 e. The second-order valence-electron chi connectivity index (χ2n) is 8.13. The third-order valence-electron chi connectivity index (χ3n) is 6.30. The van der Waals surface area contributed by atoms with Gasteiger partial charge >= 0.3 is 0 Å². The van der Waals surface area contributed by atoms with Gasteiger partial charge < -0.3 is 14.9 Å². The minimum absolute atomic E-state index is 0.0291. The Morgan fingerprint density at radius 3 is 2.30 bits per heavy atom. The molecule has 1 aliphatic heterocycles. The highest BCUT2D eigenvalue weighted by atomic mass is 19.1. The Kier molecular flexibility index (Phi) is 6.56. The van der Waals surface area contributed by atoms with Crippen LogP contribution in [0.1, 0.15) is 31.0 Å². The van der Waals surface area contributed by atoms with Gasteiger partial charge in [0.1, 0.15) is 11.6 Å². The van der Waals surface area contributed by atoms with Gasteiger partial charge in [0, 0.05) is 18.7 Å². The number of fused-ring (bicyclic) bond motifs is 1. The highest BCUT2D eigenvalue weighted by Crippen LogP contribution is 2.39. The lowest BCUT2D eigenvalue weighted by Crippen LogP contribution is -2.38. The predicted octanol–water partition coefficient (Wildman–Crippen LogP) is 4.74. The van der Waals surface area contributed by atoms with Gasteiger partial charge in [-0.15, -0.1) is 0 Å². The number of amides is 1. The summed E-state index contributed by atoms with van der Waals surface area (Å²) in [5, 5.41) is 13.2. The Balaban J connectivity index is 1.81. The first-order valence-corrected chi connectivity index (χ1v) is 11.2. The number of hydrogen-bond donors (Lipinski definition) is 1. The molecule has 1 heterocycles. The molecule has 3 aromatic rings. The van der Waals surface area contributed by atoms with E-state index in [9.17, 15) is 19.1 Å². The van der Waals surface area contributed by atoms with Crippen LogP contribution in [0.2, 0.25) is 0 Å². The van der Waals surface area contributed by atoms with E-state index < -0.39 is 23.5 Å². The Bertz CT molecular complexity index is 1220. The lowest BCUT2D eigenvalue weighted by molar-refractivity contribution is -0.140. The van der Waals surface area contributed by atoms with Crippen molar-refractivity contribution in [1.29, 1.82) is 0 Å².